The highest BCUT2D eigenvalue weighted by molar-refractivity contribution is 9.10. The molecule has 0 aliphatic carbocycles. The van der Waals surface area contributed by atoms with E-state index in [1.54, 1.807) is 0 Å². The lowest BCUT2D eigenvalue weighted by atomic mass is 9.90. The van der Waals surface area contributed by atoms with Gasteiger partial charge >= 0.3 is 0 Å². The number of ketones is 1. The number of carbonyl (C=O) groups excluding carboxylic acids is 1. The van der Waals surface area contributed by atoms with Gasteiger partial charge in [-0.15, -0.1) is 0 Å². The quantitative estimate of drug-likeness (QED) is 0.820. The monoisotopic (exact) mass is 268 g/mol. The minimum absolute atomic E-state index is 0.120. The molecule has 1 aromatic carbocycles. The Labute approximate surface area is 97.8 Å². The van der Waals surface area contributed by atoms with E-state index < -0.39 is 5.60 Å². The van der Waals surface area contributed by atoms with E-state index in [0.717, 1.165) is 4.47 Å². The summed E-state index contributed by atoms with van der Waals surface area (Å²) in [6.45, 7) is 3.98. The molecule has 2 rings (SSSR count). The van der Waals surface area contributed by atoms with Crippen molar-refractivity contribution in [2.75, 3.05) is 0 Å². The summed E-state index contributed by atoms with van der Waals surface area (Å²) < 4.78 is 6.75. The molecule has 0 N–H and O–H groups in total. The van der Waals surface area contributed by atoms with Gasteiger partial charge in [-0.2, -0.15) is 0 Å². The lowest BCUT2D eigenvalue weighted by Crippen LogP contribution is -2.38. The minimum Gasteiger partial charge on any atom is -0.478 e. The Balaban J connectivity index is 2.49. The lowest BCUT2D eigenvalue weighted by Gasteiger charge is -2.23. The third-order valence-corrected chi connectivity index (χ3v) is 3.54. The predicted molar refractivity (Wildman–Crippen MR) is 62.4 cm³/mol. The maximum absolute atomic E-state index is 12.2. The Kier molecular flexibility index (Phi) is 2.59. The largest absolute Gasteiger partial charge is 0.478 e. The first-order chi connectivity index (χ1) is 7.13. The molecule has 3 heteroatoms. The second-order valence-corrected chi connectivity index (χ2v) is 4.69. The summed E-state index contributed by atoms with van der Waals surface area (Å²) in [7, 11) is 0. The second kappa shape index (κ2) is 3.63. The summed E-state index contributed by atoms with van der Waals surface area (Å²) in [4.78, 5) is 12.2. The van der Waals surface area contributed by atoms with Gasteiger partial charge in [0.25, 0.3) is 0 Å². The van der Waals surface area contributed by atoms with Crippen LogP contribution in [0.3, 0.4) is 0 Å². The van der Waals surface area contributed by atoms with Crippen molar-refractivity contribution in [2.24, 2.45) is 0 Å². The van der Waals surface area contributed by atoms with E-state index in [0.29, 0.717) is 24.2 Å². The fraction of sp³-hybridized carbons (Fsp3) is 0.417. The molecule has 1 aliphatic heterocycles. The first-order valence-corrected chi connectivity index (χ1v) is 5.95. The van der Waals surface area contributed by atoms with Gasteiger partial charge in [-0.05, 0) is 31.0 Å². The van der Waals surface area contributed by atoms with Gasteiger partial charge in [-0.1, -0.05) is 29.8 Å². The average molecular weight is 269 g/mol. The van der Waals surface area contributed by atoms with Crippen molar-refractivity contribution in [2.45, 2.75) is 32.3 Å². The van der Waals surface area contributed by atoms with E-state index >= 15 is 0 Å². The molecule has 0 aromatic heterocycles. The third kappa shape index (κ3) is 1.49. The molecule has 0 fully saturated rings. The van der Waals surface area contributed by atoms with Crippen LogP contribution >= 0.6 is 15.9 Å². The number of fused-ring (bicyclic) bond motifs is 1. The van der Waals surface area contributed by atoms with E-state index in [1.165, 1.54) is 0 Å². The van der Waals surface area contributed by atoms with E-state index in [9.17, 15) is 4.79 Å². The van der Waals surface area contributed by atoms with E-state index in [4.69, 9.17) is 4.74 Å². The molecule has 0 atom stereocenters. The van der Waals surface area contributed by atoms with E-state index in [-0.39, 0.29) is 5.78 Å². The van der Waals surface area contributed by atoms with Crippen LogP contribution < -0.4 is 4.74 Å². The van der Waals surface area contributed by atoms with Crippen LogP contribution in [-0.4, -0.2) is 11.4 Å². The molecule has 1 heterocycles. The highest BCUT2D eigenvalue weighted by Gasteiger charge is 2.44. The fourth-order valence-electron chi connectivity index (χ4n) is 1.99. The molecule has 0 unspecified atom stereocenters. The van der Waals surface area contributed by atoms with E-state index in [1.807, 2.05) is 32.0 Å². The van der Waals surface area contributed by atoms with Crippen LogP contribution in [0.15, 0.2) is 22.7 Å². The van der Waals surface area contributed by atoms with Gasteiger partial charge in [-0.3, -0.25) is 4.79 Å². The molecule has 1 aliphatic rings. The first kappa shape index (κ1) is 10.7. The topological polar surface area (TPSA) is 26.3 Å². The normalized spacial score (nSPS) is 17.4. The van der Waals surface area contributed by atoms with Gasteiger partial charge in [0.05, 0.1) is 5.56 Å². The smallest absolute Gasteiger partial charge is 0.210 e. The Bertz CT molecular complexity index is 408. The van der Waals surface area contributed by atoms with Gasteiger partial charge in [-0.25, -0.2) is 0 Å². The molecule has 1 aromatic rings. The molecule has 80 valence electrons. The number of rotatable bonds is 2. The average Bonchev–Trinajstić information content (AvgIpc) is 2.52. The summed E-state index contributed by atoms with van der Waals surface area (Å²) in [6, 6.07) is 5.57. The van der Waals surface area contributed by atoms with Crippen LogP contribution in [-0.2, 0) is 0 Å². The Morgan fingerprint density at radius 3 is 2.60 bits per heavy atom. The van der Waals surface area contributed by atoms with Crippen molar-refractivity contribution in [3.05, 3.63) is 28.2 Å². The Morgan fingerprint density at radius 2 is 2.00 bits per heavy atom. The van der Waals surface area contributed by atoms with Crippen LogP contribution in [0.2, 0.25) is 0 Å². The van der Waals surface area contributed by atoms with Crippen molar-refractivity contribution < 1.29 is 9.53 Å². The number of hydrogen-bond donors (Lipinski definition) is 0. The molecule has 0 spiro atoms. The van der Waals surface area contributed by atoms with Crippen molar-refractivity contribution >= 4 is 21.7 Å². The maximum atomic E-state index is 12.2. The van der Waals surface area contributed by atoms with Gasteiger partial charge in [0.2, 0.25) is 5.78 Å². The lowest BCUT2D eigenvalue weighted by molar-refractivity contribution is 0.0528. The number of benzene rings is 1. The maximum Gasteiger partial charge on any atom is 0.210 e. The molecule has 2 nitrogen and oxygen atoms in total. The van der Waals surface area contributed by atoms with Crippen LogP contribution in [0.1, 0.15) is 37.0 Å². The number of ether oxygens (including phenoxy) is 1. The Hall–Kier alpha value is -0.830. The van der Waals surface area contributed by atoms with Crippen LogP contribution in [0.5, 0.6) is 5.75 Å². The zero-order chi connectivity index (χ0) is 11.1. The predicted octanol–water partition coefficient (Wildman–Crippen LogP) is 3.58. The van der Waals surface area contributed by atoms with Gasteiger partial charge in [0.1, 0.15) is 5.75 Å². The number of halogens is 1. The van der Waals surface area contributed by atoms with Gasteiger partial charge in [0, 0.05) is 4.47 Å². The molecule has 0 saturated carbocycles. The van der Waals surface area contributed by atoms with Crippen LogP contribution in [0.4, 0.5) is 0 Å². The molecule has 0 radical (unpaired) electrons. The number of Topliss-reactive ketones (excluding diaryl/α,β-unsaturated/α-hetero) is 1. The van der Waals surface area contributed by atoms with Crippen molar-refractivity contribution in [1.82, 2.24) is 0 Å². The van der Waals surface area contributed by atoms with Crippen molar-refractivity contribution in [3.63, 3.8) is 0 Å². The first-order valence-electron chi connectivity index (χ1n) is 5.16. The van der Waals surface area contributed by atoms with Crippen molar-refractivity contribution in [3.8, 4) is 5.75 Å². The summed E-state index contributed by atoms with van der Waals surface area (Å²) in [5, 5.41) is 0. The summed E-state index contributed by atoms with van der Waals surface area (Å²) in [5.41, 5.74) is 0.0882. The molecule has 0 amide bonds. The van der Waals surface area contributed by atoms with Gasteiger partial charge in [0.15, 0.2) is 5.60 Å². The highest BCUT2D eigenvalue weighted by atomic mass is 79.9. The minimum atomic E-state index is -0.622. The molecule has 0 saturated heterocycles. The SMILES string of the molecule is CCC1(CC)Oc2cc(Br)ccc2C1=O. The summed E-state index contributed by atoms with van der Waals surface area (Å²) >= 11 is 3.37. The summed E-state index contributed by atoms with van der Waals surface area (Å²) in [5.74, 6) is 0.827. The highest BCUT2D eigenvalue weighted by Crippen LogP contribution is 2.40. The number of carbonyl (C=O) groups is 1. The Morgan fingerprint density at radius 1 is 1.33 bits per heavy atom. The van der Waals surface area contributed by atoms with E-state index in [2.05, 4.69) is 15.9 Å². The second-order valence-electron chi connectivity index (χ2n) is 3.77. The van der Waals surface area contributed by atoms with Crippen molar-refractivity contribution in [1.29, 1.82) is 0 Å². The number of hydrogen-bond acceptors (Lipinski definition) is 2. The zero-order valence-corrected chi connectivity index (χ0v) is 10.4. The van der Waals surface area contributed by atoms with Crippen LogP contribution in [0, 0.1) is 0 Å². The molecular weight excluding hydrogens is 256 g/mol. The van der Waals surface area contributed by atoms with Gasteiger partial charge < -0.3 is 4.74 Å². The standard InChI is InChI=1S/C12H13BrO2/c1-3-12(4-2)11(14)9-6-5-8(13)7-10(9)15-12/h5-7H,3-4H2,1-2H3. The third-order valence-electron chi connectivity index (χ3n) is 3.05. The zero-order valence-electron chi connectivity index (χ0n) is 8.84. The molecule has 15 heavy (non-hydrogen) atoms. The van der Waals surface area contributed by atoms with Crippen LogP contribution in [0.25, 0.3) is 0 Å². The molecular formula is C12H13BrO2. The fourth-order valence-corrected chi connectivity index (χ4v) is 2.33. The molecule has 0 bridgehead atoms. The summed E-state index contributed by atoms with van der Waals surface area (Å²) in [6.07, 6.45) is 1.43.